The zero-order valence-electron chi connectivity index (χ0n) is 11.2. The molecule has 20 heavy (non-hydrogen) atoms. The van der Waals surface area contributed by atoms with Crippen molar-refractivity contribution in [3.8, 4) is 0 Å². The minimum Gasteiger partial charge on any atom is -0.478 e. The number of benzene rings is 2. The third-order valence-electron chi connectivity index (χ3n) is 3.05. The highest BCUT2D eigenvalue weighted by Crippen LogP contribution is 2.12. The highest BCUT2D eigenvalue weighted by molar-refractivity contribution is 5.87. The molecule has 0 radical (unpaired) electrons. The molecule has 0 saturated carbocycles. The number of aromatic carboxylic acids is 1. The molecule has 4 heteroatoms. The van der Waals surface area contributed by atoms with E-state index >= 15 is 0 Å². The van der Waals surface area contributed by atoms with Crippen LogP contribution in [0.4, 0.5) is 4.39 Å². The van der Waals surface area contributed by atoms with E-state index in [9.17, 15) is 9.18 Å². The molecule has 0 aliphatic rings. The van der Waals surface area contributed by atoms with Gasteiger partial charge in [-0.15, -0.1) is 0 Å². The van der Waals surface area contributed by atoms with Crippen LogP contribution < -0.4 is 0 Å². The van der Waals surface area contributed by atoms with Crippen molar-refractivity contribution in [2.75, 3.05) is 7.05 Å². The zero-order chi connectivity index (χ0) is 14.5. The predicted molar refractivity (Wildman–Crippen MR) is 75.0 cm³/mol. The van der Waals surface area contributed by atoms with Gasteiger partial charge in [0.15, 0.2) is 0 Å². The summed E-state index contributed by atoms with van der Waals surface area (Å²) in [4.78, 5) is 12.7. The second-order valence-electron chi connectivity index (χ2n) is 4.77. The molecule has 0 heterocycles. The lowest BCUT2D eigenvalue weighted by Crippen LogP contribution is -2.18. The molecule has 0 aliphatic carbocycles. The summed E-state index contributed by atoms with van der Waals surface area (Å²) in [5.74, 6) is -1.14. The molecular weight excluding hydrogens is 257 g/mol. The van der Waals surface area contributed by atoms with Crippen molar-refractivity contribution in [3.63, 3.8) is 0 Å². The number of carboxylic acid groups (broad SMARTS) is 1. The number of carbonyl (C=O) groups is 1. The van der Waals surface area contributed by atoms with Crippen LogP contribution in [0.25, 0.3) is 0 Å². The Labute approximate surface area is 117 Å². The first kappa shape index (κ1) is 14.2. The molecule has 0 saturated heterocycles. The minimum atomic E-state index is -0.934. The molecule has 1 N–H and O–H groups in total. The van der Waals surface area contributed by atoms with Crippen molar-refractivity contribution in [2.24, 2.45) is 0 Å². The third kappa shape index (κ3) is 3.65. The van der Waals surface area contributed by atoms with E-state index in [4.69, 9.17) is 5.11 Å². The first-order chi connectivity index (χ1) is 9.56. The molecule has 2 rings (SSSR count). The first-order valence-electron chi connectivity index (χ1n) is 6.30. The van der Waals surface area contributed by atoms with Crippen LogP contribution in [-0.4, -0.2) is 23.0 Å². The molecule has 0 fully saturated rings. The van der Waals surface area contributed by atoms with E-state index in [2.05, 4.69) is 0 Å². The molecule has 0 spiro atoms. The quantitative estimate of drug-likeness (QED) is 0.909. The molecule has 0 atom stereocenters. The zero-order valence-corrected chi connectivity index (χ0v) is 11.2. The first-order valence-corrected chi connectivity index (χ1v) is 6.30. The molecule has 3 nitrogen and oxygen atoms in total. The van der Waals surface area contributed by atoms with Crippen LogP contribution in [0.3, 0.4) is 0 Å². The molecule has 2 aromatic rings. The Balaban J connectivity index is 1.99. The van der Waals surface area contributed by atoms with E-state index in [-0.39, 0.29) is 11.4 Å². The van der Waals surface area contributed by atoms with Gasteiger partial charge >= 0.3 is 5.97 Å². The maximum atomic E-state index is 13.5. The van der Waals surface area contributed by atoms with Crippen LogP contribution in [0.2, 0.25) is 0 Å². The summed E-state index contributed by atoms with van der Waals surface area (Å²) in [6.07, 6.45) is 0. The smallest absolute Gasteiger partial charge is 0.335 e. The molecule has 0 amide bonds. The Morgan fingerprint density at radius 1 is 1.10 bits per heavy atom. The standard InChI is InChI=1S/C16H16FNO2/c1-18(11-14-4-2-3-5-15(14)17)10-12-6-8-13(9-7-12)16(19)20/h2-9H,10-11H2,1H3,(H,19,20). The van der Waals surface area contributed by atoms with Crippen molar-refractivity contribution in [3.05, 3.63) is 71.0 Å². The lowest BCUT2D eigenvalue weighted by atomic mass is 10.1. The topological polar surface area (TPSA) is 40.5 Å². The van der Waals surface area contributed by atoms with E-state index < -0.39 is 5.97 Å². The second kappa shape index (κ2) is 6.30. The summed E-state index contributed by atoms with van der Waals surface area (Å²) in [7, 11) is 1.90. The van der Waals surface area contributed by atoms with E-state index in [0.29, 0.717) is 18.7 Å². The summed E-state index contributed by atoms with van der Waals surface area (Å²) >= 11 is 0. The molecule has 104 valence electrons. The number of hydrogen-bond donors (Lipinski definition) is 1. The summed E-state index contributed by atoms with van der Waals surface area (Å²) in [5, 5.41) is 8.83. The number of rotatable bonds is 5. The average molecular weight is 273 g/mol. The summed E-state index contributed by atoms with van der Waals surface area (Å²) in [5.41, 5.74) is 1.91. The minimum absolute atomic E-state index is 0.208. The lowest BCUT2D eigenvalue weighted by molar-refractivity contribution is 0.0697. The Hall–Kier alpha value is -2.20. The molecular formula is C16H16FNO2. The van der Waals surface area contributed by atoms with Crippen molar-refractivity contribution >= 4 is 5.97 Å². The summed E-state index contributed by atoms with van der Waals surface area (Å²) in [6, 6.07) is 13.4. The van der Waals surface area contributed by atoms with Gasteiger partial charge in [-0.05, 0) is 30.8 Å². The lowest BCUT2D eigenvalue weighted by Gasteiger charge is -2.17. The van der Waals surface area contributed by atoms with Gasteiger partial charge in [0.25, 0.3) is 0 Å². The Morgan fingerprint density at radius 3 is 2.35 bits per heavy atom. The fourth-order valence-corrected chi connectivity index (χ4v) is 2.04. The van der Waals surface area contributed by atoms with Crippen molar-refractivity contribution in [2.45, 2.75) is 13.1 Å². The molecule has 0 aromatic heterocycles. The van der Waals surface area contributed by atoms with Crippen LogP contribution in [-0.2, 0) is 13.1 Å². The number of nitrogens with zero attached hydrogens (tertiary/aromatic N) is 1. The summed E-state index contributed by atoms with van der Waals surface area (Å²) in [6.45, 7) is 1.14. The summed E-state index contributed by atoms with van der Waals surface area (Å²) < 4.78 is 13.5. The molecule has 0 unspecified atom stereocenters. The van der Waals surface area contributed by atoms with Crippen LogP contribution in [0.15, 0.2) is 48.5 Å². The largest absolute Gasteiger partial charge is 0.478 e. The van der Waals surface area contributed by atoms with Gasteiger partial charge in [-0.1, -0.05) is 30.3 Å². The van der Waals surface area contributed by atoms with Gasteiger partial charge in [0.2, 0.25) is 0 Å². The van der Waals surface area contributed by atoms with Crippen molar-refractivity contribution in [1.82, 2.24) is 4.90 Å². The Kier molecular flexibility index (Phi) is 4.48. The van der Waals surface area contributed by atoms with Gasteiger partial charge in [0, 0.05) is 18.7 Å². The predicted octanol–water partition coefficient (Wildman–Crippen LogP) is 3.16. The SMILES string of the molecule is CN(Cc1ccc(C(=O)O)cc1)Cc1ccccc1F. The van der Waals surface area contributed by atoms with Gasteiger partial charge in [0.1, 0.15) is 5.82 Å². The van der Waals surface area contributed by atoms with Gasteiger partial charge < -0.3 is 5.11 Å². The molecule has 0 bridgehead atoms. The van der Waals surface area contributed by atoms with Gasteiger partial charge in [0.05, 0.1) is 5.56 Å². The van der Waals surface area contributed by atoms with E-state index in [1.54, 1.807) is 36.4 Å². The van der Waals surface area contributed by atoms with Gasteiger partial charge in [-0.2, -0.15) is 0 Å². The van der Waals surface area contributed by atoms with E-state index in [0.717, 1.165) is 5.56 Å². The van der Waals surface area contributed by atoms with E-state index in [1.165, 1.54) is 6.07 Å². The number of halogens is 1. The van der Waals surface area contributed by atoms with Crippen LogP contribution in [0, 0.1) is 5.82 Å². The fourth-order valence-electron chi connectivity index (χ4n) is 2.04. The Morgan fingerprint density at radius 2 is 1.75 bits per heavy atom. The van der Waals surface area contributed by atoms with Crippen molar-refractivity contribution in [1.29, 1.82) is 0 Å². The normalized spacial score (nSPS) is 10.8. The average Bonchev–Trinajstić information content (AvgIpc) is 2.42. The van der Waals surface area contributed by atoms with Crippen molar-refractivity contribution < 1.29 is 14.3 Å². The maximum absolute atomic E-state index is 13.5. The number of hydrogen-bond acceptors (Lipinski definition) is 2. The molecule has 0 aliphatic heterocycles. The van der Waals surface area contributed by atoms with Gasteiger partial charge in [-0.3, -0.25) is 4.90 Å². The molecule has 2 aromatic carbocycles. The second-order valence-corrected chi connectivity index (χ2v) is 4.77. The van der Waals surface area contributed by atoms with Crippen LogP contribution in [0.5, 0.6) is 0 Å². The number of carboxylic acids is 1. The van der Waals surface area contributed by atoms with E-state index in [1.807, 2.05) is 18.0 Å². The highest BCUT2D eigenvalue weighted by atomic mass is 19.1. The monoisotopic (exact) mass is 273 g/mol. The van der Waals surface area contributed by atoms with Gasteiger partial charge in [-0.25, -0.2) is 9.18 Å². The Bertz CT molecular complexity index is 596. The van der Waals surface area contributed by atoms with Crippen LogP contribution in [0.1, 0.15) is 21.5 Å². The fraction of sp³-hybridized carbons (Fsp3) is 0.188. The van der Waals surface area contributed by atoms with Crippen LogP contribution >= 0.6 is 0 Å². The maximum Gasteiger partial charge on any atom is 0.335 e. The third-order valence-corrected chi connectivity index (χ3v) is 3.05. The highest BCUT2D eigenvalue weighted by Gasteiger charge is 2.07.